The molecular formula is C15H20N2OS. The Labute approximate surface area is 118 Å². The Kier molecular flexibility index (Phi) is 5.51. The number of hydrogen-bond donors (Lipinski definition) is 2. The molecule has 19 heavy (non-hydrogen) atoms. The third kappa shape index (κ3) is 4.13. The van der Waals surface area contributed by atoms with Gasteiger partial charge in [0.05, 0.1) is 5.69 Å². The lowest BCUT2D eigenvalue weighted by Crippen LogP contribution is -2.28. The summed E-state index contributed by atoms with van der Waals surface area (Å²) < 4.78 is 0. The molecule has 1 unspecified atom stereocenters. The summed E-state index contributed by atoms with van der Waals surface area (Å²) in [5, 5.41) is 15.6. The third-order valence-corrected chi connectivity index (χ3v) is 4.05. The fourth-order valence-corrected chi connectivity index (χ4v) is 2.78. The Morgan fingerprint density at radius 2 is 2.11 bits per heavy atom. The number of benzene rings is 1. The van der Waals surface area contributed by atoms with Crippen molar-refractivity contribution in [1.82, 2.24) is 10.3 Å². The lowest BCUT2D eigenvalue weighted by molar-refractivity contribution is 0.262. The van der Waals surface area contributed by atoms with Crippen LogP contribution in [0.3, 0.4) is 0 Å². The van der Waals surface area contributed by atoms with Crippen molar-refractivity contribution in [1.29, 1.82) is 0 Å². The molecule has 1 aromatic heterocycles. The van der Waals surface area contributed by atoms with Gasteiger partial charge in [-0.15, -0.1) is 11.3 Å². The van der Waals surface area contributed by atoms with Gasteiger partial charge in [-0.05, 0) is 12.8 Å². The average Bonchev–Trinajstić information content (AvgIpc) is 2.93. The summed E-state index contributed by atoms with van der Waals surface area (Å²) in [6.07, 6.45) is 1.82. The second-order valence-electron chi connectivity index (χ2n) is 4.51. The van der Waals surface area contributed by atoms with Gasteiger partial charge in [-0.1, -0.05) is 37.3 Å². The number of rotatable bonds is 7. The number of aromatic nitrogens is 1. The van der Waals surface area contributed by atoms with Crippen LogP contribution in [0.4, 0.5) is 0 Å². The molecule has 0 amide bonds. The summed E-state index contributed by atoms with van der Waals surface area (Å²) in [5.41, 5.74) is 2.24. The molecular weight excluding hydrogens is 256 g/mol. The van der Waals surface area contributed by atoms with E-state index in [-0.39, 0.29) is 6.61 Å². The molecule has 1 atom stereocenters. The van der Waals surface area contributed by atoms with E-state index in [1.165, 1.54) is 5.56 Å². The van der Waals surface area contributed by atoms with Gasteiger partial charge in [0.1, 0.15) is 5.01 Å². The minimum atomic E-state index is 0.234. The highest BCUT2D eigenvalue weighted by atomic mass is 32.1. The normalized spacial score (nSPS) is 12.5. The van der Waals surface area contributed by atoms with Crippen LogP contribution in [-0.4, -0.2) is 22.7 Å². The first-order valence-corrected chi connectivity index (χ1v) is 7.55. The highest BCUT2D eigenvalue weighted by Gasteiger charge is 2.07. The summed E-state index contributed by atoms with van der Waals surface area (Å²) >= 11 is 1.67. The van der Waals surface area contributed by atoms with E-state index in [0.29, 0.717) is 6.04 Å². The van der Waals surface area contributed by atoms with Crippen molar-refractivity contribution in [2.24, 2.45) is 0 Å². The number of nitrogens with one attached hydrogen (secondary N) is 1. The van der Waals surface area contributed by atoms with Crippen LogP contribution in [0.2, 0.25) is 0 Å². The van der Waals surface area contributed by atoms with E-state index < -0.39 is 0 Å². The van der Waals surface area contributed by atoms with Gasteiger partial charge in [-0.3, -0.25) is 0 Å². The summed E-state index contributed by atoms with van der Waals surface area (Å²) in [5.74, 6) is 0. The lowest BCUT2D eigenvalue weighted by Gasteiger charge is -2.14. The first kappa shape index (κ1) is 14.2. The Balaban J connectivity index is 1.94. The molecule has 0 spiro atoms. The topological polar surface area (TPSA) is 45.1 Å². The van der Waals surface area contributed by atoms with Crippen molar-refractivity contribution in [3.8, 4) is 10.6 Å². The molecule has 0 aliphatic rings. The second kappa shape index (κ2) is 7.38. The number of hydrogen-bond acceptors (Lipinski definition) is 4. The van der Waals surface area contributed by atoms with Crippen molar-refractivity contribution < 1.29 is 5.11 Å². The number of aliphatic hydroxyl groups excluding tert-OH is 1. The molecule has 0 aliphatic carbocycles. The zero-order valence-corrected chi connectivity index (χ0v) is 12.0. The SMILES string of the molecule is CCC(CCO)NCc1csc(-c2ccccc2)n1. The van der Waals surface area contributed by atoms with Gasteiger partial charge in [0, 0.05) is 30.1 Å². The number of nitrogens with zero attached hydrogens (tertiary/aromatic N) is 1. The fourth-order valence-electron chi connectivity index (χ4n) is 1.96. The van der Waals surface area contributed by atoms with Gasteiger partial charge in [0.25, 0.3) is 0 Å². The molecule has 0 saturated carbocycles. The predicted molar refractivity (Wildman–Crippen MR) is 80.2 cm³/mol. The van der Waals surface area contributed by atoms with Gasteiger partial charge >= 0.3 is 0 Å². The van der Waals surface area contributed by atoms with Gasteiger partial charge in [-0.25, -0.2) is 4.98 Å². The summed E-state index contributed by atoms with van der Waals surface area (Å²) in [6.45, 7) is 3.13. The minimum absolute atomic E-state index is 0.234. The van der Waals surface area contributed by atoms with Crippen LogP contribution in [0, 0.1) is 0 Å². The van der Waals surface area contributed by atoms with E-state index in [4.69, 9.17) is 5.11 Å². The van der Waals surface area contributed by atoms with Crippen molar-refractivity contribution in [2.45, 2.75) is 32.4 Å². The van der Waals surface area contributed by atoms with Gasteiger partial charge in [0.15, 0.2) is 0 Å². The summed E-state index contributed by atoms with van der Waals surface area (Å²) in [6, 6.07) is 10.6. The van der Waals surface area contributed by atoms with E-state index in [2.05, 4.69) is 34.7 Å². The van der Waals surface area contributed by atoms with Crippen molar-refractivity contribution >= 4 is 11.3 Å². The maximum absolute atomic E-state index is 8.96. The molecule has 2 N–H and O–H groups in total. The molecule has 3 nitrogen and oxygen atoms in total. The van der Waals surface area contributed by atoms with E-state index >= 15 is 0 Å². The molecule has 0 fully saturated rings. The van der Waals surface area contributed by atoms with Gasteiger partial charge < -0.3 is 10.4 Å². The number of thiazole rings is 1. The fraction of sp³-hybridized carbons (Fsp3) is 0.400. The summed E-state index contributed by atoms with van der Waals surface area (Å²) in [4.78, 5) is 4.64. The number of aliphatic hydroxyl groups is 1. The molecule has 4 heteroatoms. The highest BCUT2D eigenvalue weighted by molar-refractivity contribution is 7.13. The second-order valence-corrected chi connectivity index (χ2v) is 5.37. The van der Waals surface area contributed by atoms with Crippen LogP contribution in [0.5, 0.6) is 0 Å². The van der Waals surface area contributed by atoms with Crippen molar-refractivity contribution in [3.63, 3.8) is 0 Å². The van der Waals surface area contributed by atoms with Crippen LogP contribution >= 0.6 is 11.3 Å². The molecule has 0 saturated heterocycles. The van der Waals surface area contributed by atoms with E-state index in [9.17, 15) is 0 Å². The Hall–Kier alpha value is -1.23. The molecule has 1 heterocycles. The first-order valence-electron chi connectivity index (χ1n) is 6.67. The lowest BCUT2D eigenvalue weighted by atomic mass is 10.1. The standard InChI is InChI=1S/C15H20N2OS/c1-2-13(8-9-18)16-10-14-11-19-15(17-14)12-6-4-3-5-7-12/h3-7,11,13,16,18H,2,8-10H2,1H3. The maximum Gasteiger partial charge on any atom is 0.123 e. The Morgan fingerprint density at radius 1 is 1.32 bits per heavy atom. The monoisotopic (exact) mass is 276 g/mol. The zero-order chi connectivity index (χ0) is 13.5. The maximum atomic E-state index is 8.96. The van der Waals surface area contributed by atoms with Gasteiger partial charge in [-0.2, -0.15) is 0 Å². The molecule has 1 aromatic carbocycles. The molecule has 102 valence electrons. The van der Waals surface area contributed by atoms with Crippen LogP contribution in [0.15, 0.2) is 35.7 Å². The first-order chi connectivity index (χ1) is 9.33. The summed E-state index contributed by atoms with van der Waals surface area (Å²) in [7, 11) is 0. The Morgan fingerprint density at radius 3 is 2.79 bits per heavy atom. The van der Waals surface area contributed by atoms with Crippen molar-refractivity contribution in [2.75, 3.05) is 6.61 Å². The highest BCUT2D eigenvalue weighted by Crippen LogP contribution is 2.23. The van der Waals surface area contributed by atoms with Crippen LogP contribution < -0.4 is 5.32 Å². The molecule has 0 aliphatic heterocycles. The van der Waals surface area contributed by atoms with E-state index in [0.717, 1.165) is 30.1 Å². The predicted octanol–water partition coefficient (Wildman–Crippen LogP) is 3.06. The zero-order valence-electron chi connectivity index (χ0n) is 11.2. The van der Waals surface area contributed by atoms with E-state index in [1.54, 1.807) is 11.3 Å². The molecule has 0 bridgehead atoms. The third-order valence-electron chi connectivity index (χ3n) is 3.11. The molecule has 2 rings (SSSR count). The Bertz CT molecular complexity index is 484. The largest absolute Gasteiger partial charge is 0.396 e. The smallest absolute Gasteiger partial charge is 0.123 e. The quantitative estimate of drug-likeness (QED) is 0.817. The van der Waals surface area contributed by atoms with E-state index in [1.807, 2.05) is 18.2 Å². The molecule has 0 radical (unpaired) electrons. The van der Waals surface area contributed by atoms with Gasteiger partial charge in [0.2, 0.25) is 0 Å². The molecule has 2 aromatic rings. The minimum Gasteiger partial charge on any atom is -0.396 e. The van der Waals surface area contributed by atoms with Crippen molar-refractivity contribution in [3.05, 3.63) is 41.4 Å². The average molecular weight is 276 g/mol. The van der Waals surface area contributed by atoms with Crippen LogP contribution in [0.25, 0.3) is 10.6 Å². The van der Waals surface area contributed by atoms with Crippen LogP contribution in [-0.2, 0) is 6.54 Å². The van der Waals surface area contributed by atoms with Crippen LogP contribution in [0.1, 0.15) is 25.5 Å².